The minimum atomic E-state index is -1.13. The molecule has 4 nitrogen and oxygen atoms in total. The lowest BCUT2D eigenvalue weighted by Gasteiger charge is -2.24. The van der Waals surface area contributed by atoms with Crippen molar-refractivity contribution in [2.24, 2.45) is 0 Å². The number of carboxylic acids is 1. The Kier molecular flexibility index (Phi) is 4.66. The molecule has 0 aromatic heterocycles. The first-order chi connectivity index (χ1) is 8.41. The number of likely N-dealkylation sites (N-methyl/N-ethyl adjacent to an activating group) is 1. The van der Waals surface area contributed by atoms with Crippen molar-refractivity contribution in [2.75, 3.05) is 7.05 Å². The highest BCUT2D eigenvalue weighted by Gasteiger charge is 2.15. The molecule has 0 aliphatic rings. The average molecular weight is 247 g/mol. The zero-order valence-electron chi connectivity index (χ0n) is 10.8. The summed E-state index contributed by atoms with van der Waals surface area (Å²) in [6.45, 7) is 3.90. The number of benzene rings is 1. The van der Waals surface area contributed by atoms with Gasteiger partial charge in [-0.25, -0.2) is 4.79 Å². The van der Waals surface area contributed by atoms with Gasteiger partial charge >= 0.3 is 5.97 Å². The lowest BCUT2D eigenvalue weighted by atomic mass is 10.1. The number of rotatable bonds is 4. The molecular formula is C14H17NO3. The van der Waals surface area contributed by atoms with Crippen LogP contribution >= 0.6 is 0 Å². The predicted molar refractivity (Wildman–Crippen MR) is 69.1 cm³/mol. The Bertz CT molecular complexity index is 462. The minimum absolute atomic E-state index is 0.100. The number of carbonyl (C=O) groups is 2. The van der Waals surface area contributed by atoms with Crippen LogP contribution in [0.4, 0.5) is 0 Å². The van der Waals surface area contributed by atoms with Crippen LogP contribution in [-0.2, 0) is 9.59 Å². The van der Waals surface area contributed by atoms with Crippen molar-refractivity contribution >= 4 is 11.9 Å². The largest absolute Gasteiger partial charge is 0.478 e. The first-order valence-corrected chi connectivity index (χ1v) is 5.66. The molecular weight excluding hydrogens is 230 g/mol. The fraction of sp³-hybridized carbons (Fsp3) is 0.286. The molecule has 1 atom stereocenters. The van der Waals surface area contributed by atoms with Crippen molar-refractivity contribution in [1.82, 2.24) is 4.90 Å². The normalized spacial score (nSPS) is 12.4. The van der Waals surface area contributed by atoms with E-state index < -0.39 is 5.97 Å². The quantitative estimate of drug-likeness (QED) is 0.829. The SMILES string of the molecule is Cc1ccc(C(C)N(C)C(=O)/C=C/C(=O)O)cc1. The number of hydrogen-bond donors (Lipinski definition) is 1. The highest BCUT2D eigenvalue weighted by atomic mass is 16.4. The number of aliphatic carboxylic acids is 1. The number of aryl methyl sites for hydroxylation is 1. The van der Waals surface area contributed by atoms with Gasteiger partial charge in [0.15, 0.2) is 0 Å². The number of amides is 1. The van der Waals surface area contributed by atoms with Crippen LogP contribution in [-0.4, -0.2) is 28.9 Å². The Morgan fingerprint density at radius 1 is 1.22 bits per heavy atom. The summed E-state index contributed by atoms with van der Waals surface area (Å²) in [5.74, 6) is -1.45. The molecule has 0 fully saturated rings. The monoisotopic (exact) mass is 247 g/mol. The summed E-state index contributed by atoms with van der Waals surface area (Å²) in [4.78, 5) is 23.6. The van der Waals surface area contributed by atoms with Gasteiger partial charge in [0.2, 0.25) is 5.91 Å². The molecule has 1 unspecified atom stereocenters. The smallest absolute Gasteiger partial charge is 0.328 e. The molecule has 1 rings (SSSR count). The van der Waals surface area contributed by atoms with Gasteiger partial charge in [0.25, 0.3) is 0 Å². The molecule has 0 saturated heterocycles. The molecule has 0 aliphatic heterocycles. The number of carboxylic acid groups (broad SMARTS) is 1. The summed E-state index contributed by atoms with van der Waals surface area (Å²) >= 11 is 0. The summed E-state index contributed by atoms with van der Waals surface area (Å²) in [6, 6.07) is 7.79. The van der Waals surface area contributed by atoms with Crippen LogP contribution in [0.3, 0.4) is 0 Å². The van der Waals surface area contributed by atoms with E-state index in [1.807, 2.05) is 38.1 Å². The van der Waals surface area contributed by atoms with Gasteiger partial charge < -0.3 is 10.0 Å². The molecule has 4 heteroatoms. The lowest BCUT2D eigenvalue weighted by Crippen LogP contribution is -2.28. The standard InChI is InChI=1S/C14H17NO3/c1-10-4-6-12(7-5-10)11(2)15(3)13(16)8-9-14(17)18/h4-9,11H,1-3H3,(H,17,18)/b9-8+. The third-order valence-corrected chi connectivity index (χ3v) is 2.86. The van der Waals surface area contributed by atoms with E-state index in [9.17, 15) is 9.59 Å². The van der Waals surface area contributed by atoms with E-state index in [0.29, 0.717) is 0 Å². The Balaban J connectivity index is 2.77. The maximum atomic E-state index is 11.7. The van der Waals surface area contributed by atoms with E-state index in [1.165, 1.54) is 4.90 Å². The number of carbonyl (C=O) groups excluding carboxylic acids is 1. The first kappa shape index (κ1) is 14.0. The number of nitrogens with zero attached hydrogens (tertiary/aromatic N) is 1. The molecule has 0 radical (unpaired) electrons. The Labute approximate surface area is 107 Å². The molecule has 18 heavy (non-hydrogen) atoms. The highest BCUT2D eigenvalue weighted by Crippen LogP contribution is 2.19. The van der Waals surface area contributed by atoms with Crippen LogP contribution in [0.25, 0.3) is 0 Å². The second kappa shape index (κ2) is 6.00. The Morgan fingerprint density at radius 3 is 2.28 bits per heavy atom. The van der Waals surface area contributed by atoms with E-state index in [4.69, 9.17) is 5.11 Å². The molecule has 0 spiro atoms. The van der Waals surface area contributed by atoms with Crippen LogP contribution in [0.1, 0.15) is 24.1 Å². The molecule has 0 aliphatic carbocycles. The molecule has 1 aromatic rings. The maximum Gasteiger partial charge on any atom is 0.328 e. The van der Waals surface area contributed by atoms with Gasteiger partial charge in [-0.3, -0.25) is 4.79 Å². The highest BCUT2D eigenvalue weighted by molar-refractivity contribution is 5.93. The van der Waals surface area contributed by atoms with E-state index in [0.717, 1.165) is 23.3 Å². The van der Waals surface area contributed by atoms with Gasteiger partial charge in [-0.05, 0) is 19.4 Å². The summed E-state index contributed by atoms with van der Waals surface area (Å²) in [5.41, 5.74) is 2.17. The molecule has 0 heterocycles. The van der Waals surface area contributed by atoms with Gasteiger partial charge in [0.1, 0.15) is 0 Å². The van der Waals surface area contributed by atoms with E-state index in [1.54, 1.807) is 7.05 Å². The van der Waals surface area contributed by atoms with Crippen molar-refractivity contribution in [3.8, 4) is 0 Å². The zero-order valence-corrected chi connectivity index (χ0v) is 10.8. The van der Waals surface area contributed by atoms with E-state index in [-0.39, 0.29) is 11.9 Å². The summed E-state index contributed by atoms with van der Waals surface area (Å²) < 4.78 is 0. The second-order valence-electron chi connectivity index (χ2n) is 4.21. The summed E-state index contributed by atoms with van der Waals surface area (Å²) in [6.07, 6.45) is 1.91. The van der Waals surface area contributed by atoms with Gasteiger partial charge in [0, 0.05) is 19.2 Å². The topological polar surface area (TPSA) is 57.6 Å². The van der Waals surface area contributed by atoms with Gasteiger partial charge in [-0.2, -0.15) is 0 Å². The molecule has 1 N–H and O–H groups in total. The first-order valence-electron chi connectivity index (χ1n) is 5.66. The molecule has 0 bridgehead atoms. The van der Waals surface area contributed by atoms with Gasteiger partial charge in [0.05, 0.1) is 6.04 Å². The van der Waals surface area contributed by atoms with Crippen molar-refractivity contribution < 1.29 is 14.7 Å². The van der Waals surface area contributed by atoms with Crippen molar-refractivity contribution in [1.29, 1.82) is 0 Å². The van der Waals surface area contributed by atoms with Gasteiger partial charge in [-0.1, -0.05) is 29.8 Å². The second-order valence-corrected chi connectivity index (χ2v) is 4.21. The van der Waals surface area contributed by atoms with Crippen LogP contribution in [0.5, 0.6) is 0 Å². The predicted octanol–water partition coefficient (Wildman–Crippen LogP) is 2.16. The fourth-order valence-electron chi connectivity index (χ4n) is 1.52. The third kappa shape index (κ3) is 3.73. The van der Waals surface area contributed by atoms with E-state index in [2.05, 4.69) is 0 Å². The number of hydrogen-bond acceptors (Lipinski definition) is 2. The minimum Gasteiger partial charge on any atom is -0.478 e. The molecule has 1 amide bonds. The van der Waals surface area contributed by atoms with Crippen molar-refractivity contribution in [3.63, 3.8) is 0 Å². The molecule has 96 valence electrons. The van der Waals surface area contributed by atoms with Crippen LogP contribution < -0.4 is 0 Å². The lowest BCUT2D eigenvalue weighted by molar-refractivity contribution is -0.132. The average Bonchev–Trinajstić information content (AvgIpc) is 2.35. The van der Waals surface area contributed by atoms with Crippen molar-refractivity contribution in [2.45, 2.75) is 19.9 Å². The summed E-state index contributed by atoms with van der Waals surface area (Å²) in [5, 5.41) is 8.47. The summed E-state index contributed by atoms with van der Waals surface area (Å²) in [7, 11) is 1.65. The fourth-order valence-corrected chi connectivity index (χ4v) is 1.52. The van der Waals surface area contributed by atoms with Gasteiger partial charge in [-0.15, -0.1) is 0 Å². The molecule has 0 saturated carbocycles. The van der Waals surface area contributed by atoms with Crippen LogP contribution in [0, 0.1) is 6.92 Å². The Hall–Kier alpha value is -2.10. The van der Waals surface area contributed by atoms with Crippen molar-refractivity contribution in [3.05, 3.63) is 47.5 Å². The Morgan fingerprint density at radius 2 is 1.78 bits per heavy atom. The maximum absolute atomic E-state index is 11.7. The zero-order chi connectivity index (χ0) is 13.7. The third-order valence-electron chi connectivity index (χ3n) is 2.86. The van der Waals surface area contributed by atoms with Crippen LogP contribution in [0.2, 0.25) is 0 Å². The molecule has 1 aromatic carbocycles. The van der Waals surface area contributed by atoms with E-state index >= 15 is 0 Å². The van der Waals surface area contributed by atoms with Crippen LogP contribution in [0.15, 0.2) is 36.4 Å².